The van der Waals surface area contributed by atoms with Gasteiger partial charge in [-0.1, -0.05) is 6.92 Å². The minimum atomic E-state index is 0. The molecule has 4 nitrogen and oxygen atoms in total. The summed E-state index contributed by atoms with van der Waals surface area (Å²) >= 11 is 1.84. The molecule has 0 aliphatic carbocycles. The van der Waals surface area contributed by atoms with Crippen molar-refractivity contribution in [2.45, 2.75) is 25.6 Å². The van der Waals surface area contributed by atoms with Crippen LogP contribution in [0.4, 0.5) is 0 Å². The molecule has 0 aromatic carbocycles. The molecule has 0 aliphatic rings. The maximum atomic E-state index is 4.57. The van der Waals surface area contributed by atoms with Crippen molar-refractivity contribution in [1.82, 2.24) is 15.2 Å². The number of thioether (sulfide) groups is 1. The van der Waals surface area contributed by atoms with Gasteiger partial charge in [0.25, 0.3) is 0 Å². The van der Waals surface area contributed by atoms with Crippen molar-refractivity contribution in [3.8, 4) is 0 Å². The minimum absolute atomic E-state index is 0. The highest BCUT2D eigenvalue weighted by Gasteiger charge is 2.00. The van der Waals surface area contributed by atoms with Gasteiger partial charge in [0.2, 0.25) is 0 Å². The lowest BCUT2D eigenvalue weighted by Gasteiger charge is -2.12. The van der Waals surface area contributed by atoms with Gasteiger partial charge >= 0.3 is 0 Å². The van der Waals surface area contributed by atoms with Gasteiger partial charge in [-0.3, -0.25) is 4.99 Å². The van der Waals surface area contributed by atoms with Gasteiger partial charge in [-0.15, -0.1) is 24.0 Å². The molecule has 1 unspecified atom stereocenters. The van der Waals surface area contributed by atoms with Gasteiger partial charge in [-0.2, -0.15) is 11.8 Å². The number of nitrogens with zero attached hydrogens (tertiary/aromatic N) is 2. The molecule has 0 spiro atoms. The number of aliphatic imine (C=N–C) groups is 1. The van der Waals surface area contributed by atoms with E-state index in [0.29, 0.717) is 5.25 Å². The largest absolute Gasteiger partial charge is 0.357 e. The maximum Gasteiger partial charge on any atom is 0.191 e. The summed E-state index contributed by atoms with van der Waals surface area (Å²) < 4.78 is 2.15. The van der Waals surface area contributed by atoms with Crippen LogP contribution in [-0.4, -0.2) is 41.7 Å². The second kappa shape index (κ2) is 11.5. The highest BCUT2D eigenvalue weighted by atomic mass is 127. The average molecular weight is 396 g/mol. The zero-order valence-electron chi connectivity index (χ0n) is 11.9. The second-order valence-corrected chi connectivity index (χ2v) is 5.39. The molecular weight excluding hydrogens is 371 g/mol. The number of hydrogen-bond donors (Lipinski definition) is 2. The van der Waals surface area contributed by atoms with Crippen molar-refractivity contribution >= 4 is 41.7 Å². The predicted molar refractivity (Wildman–Crippen MR) is 96.8 cm³/mol. The number of aromatic nitrogens is 1. The van der Waals surface area contributed by atoms with E-state index in [1.807, 2.05) is 23.9 Å². The lowest BCUT2D eigenvalue weighted by atomic mass is 10.5. The highest BCUT2D eigenvalue weighted by molar-refractivity contribution is 14.0. The average Bonchev–Trinajstić information content (AvgIpc) is 2.88. The van der Waals surface area contributed by atoms with Crippen molar-refractivity contribution in [3.05, 3.63) is 24.5 Å². The van der Waals surface area contributed by atoms with Crippen LogP contribution in [0.25, 0.3) is 0 Å². The van der Waals surface area contributed by atoms with E-state index in [4.69, 9.17) is 0 Å². The van der Waals surface area contributed by atoms with Crippen LogP contribution in [0.15, 0.2) is 29.5 Å². The first kappa shape index (κ1) is 18.6. The molecule has 6 heteroatoms. The molecule has 0 saturated heterocycles. The minimum Gasteiger partial charge on any atom is -0.357 e. The number of rotatable bonds is 7. The van der Waals surface area contributed by atoms with Crippen LogP contribution < -0.4 is 10.6 Å². The van der Waals surface area contributed by atoms with Crippen LogP contribution in [0.1, 0.15) is 13.8 Å². The Balaban J connectivity index is 0.00000324. The van der Waals surface area contributed by atoms with Crippen LogP contribution in [0.3, 0.4) is 0 Å². The zero-order valence-corrected chi connectivity index (χ0v) is 15.1. The van der Waals surface area contributed by atoms with Gasteiger partial charge in [-0.25, -0.2) is 0 Å². The molecule has 0 bridgehead atoms. The second-order valence-electron chi connectivity index (χ2n) is 4.11. The summed E-state index contributed by atoms with van der Waals surface area (Å²) in [5, 5.41) is 7.17. The lowest BCUT2D eigenvalue weighted by molar-refractivity contribution is 0.665. The van der Waals surface area contributed by atoms with Crippen LogP contribution in [-0.2, 0) is 6.54 Å². The Morgan fingerprint density at radius 2 is 2.00 bits per heavy atom. The van der Waals surface area contributed by atoms with Crippen molar-refractivity contribution in [2.75, 3.05) is 25.9 Å². The molecule has 19 heavy (non-hydrogen) atoms. The summed E-state index contributed by atoms with van der Waals surface area (Å²) in [4.78, 5) is 4.57. The summed E-state index contributed by atoms with van der Waals surface area (Å²) in [6.07, 6.45) is 6.26. The normalized spacial score (nSPS) is 12.7. The molecule has 0 radical (unpaired) electrons. The third-order valence-electron chi connectivity index (χ3n) is 2.58. The molecule has 0 fully saturated rings. The molecule has 0 aliphatic heterocycles. The predicted octanol–water partition coefficient (Wildman–Crippen LogP) is 2.41. The Labute approximate surface area is 137 Å². The molecule has 1 heterocycles. The summed E-state index contributed by atoms with van der Waals surface area (Å²) in [5.41, 5.74) is 0. The third-order valence-corrected chi connectivity index (χ3v) is 3.54. The fourth-order valence-corrected chi connectivity index (χ4v) is 1.68. The first-order chi connectivity index (χ1) is 8.76. The SMILES string of the molecule is CCNC(=NCC(C)SC)NCCn1cccc1.I. The number of hydrogen-bond acceptors (Lipinski definition) is 2. The Morgan fingerprint density at radius 3 is 2.58 bits per heavy atom. The molecule has 1 aromatic heterocycles. The summed E-state index contributed by atoms with van der Waals surface area (Å²) in [5.74, 6) is 0.908. The summed E-state index contributed by atoms with van der Waals surface area (Å²) in [6, 6.07) is 4.08. The quantitative estimate of drug-likeness (QED) is 0.423. The smallest absolute Gasteiger partial charge is 0.191 e. The first-order valence-corrected chi connectivity index (χ1v) is 7.70. The Kier molecular flexibility index (Phi) is 11.2. The van der Waals surface area contributed by atoms with Gasteiger partial charge in [-0.05, 0) is 25.3 Å². The standard InChI is InChI=1S/C13H24N4S.HI/c1-4-14-13(16-11-12(2)18-3)15-7-10-17-8-5-6-9-17;/h5-6,8-9,12H,4,7,10-11H2,1-3H3,(H2,14,15,16);1H. The van der Waals surface area contributed by atoms with Crippen LogP contribution in [0.5, 0.6) is 0 Å². The van der Waals surface area contributed by atoms with E-state index in [1.54, 1.807) is 0 Å². The topological polar surface area (TPSA) is 41.4 Å². The van der Waals surface area contributed by atoms with Gasteiger partial charge in [0.15, 0.2) is 5.96 Å². The molecule has 1 aromatic rings. The number of nitrogens with one attached hydrogen (secondary N) is 2. The van der Waals surface area contributed by atoms with Crippen LogP contribution in [0.2, 0.25) is 0 Å². The van der Waals surface area contributed by atoms with E-state index in [1.165, 1.54) is 0 Å². The van der Waals surface area contributed by atoms with E-state index >= 15 is 0 Å². The van der Waals surface area contributed by atoms with Crippen molar-refractivity contribution in [2.24, 2.45) is 4.99 Å². The molecule has 1 atom stereocenters. The van der Waals surface area contributed by atoms with E-state index in [-0.39, 0.29) is 24.0 Å². The Hall–Kier alpha value is -0.370. The van der Waals surface area contributed by atoms with Crippen LogP contribution >= 0.6 is 35.7 Å². The molecule has 110 valence electrons. The highest BCUT2D eigenvalue weighted by Crippen LogP contribution is 2.04. The Morgan fingerprint density at radius 1 is 1.32 bits per heavy atom. The van der Waals surface area contributed by atoms with E-state index in [2.05, 4.69) is 52.7 Å². The van der Waals surface area contributed by atoms with Gasteiger partial charge < -0.3 is 15.2 Å². The Bertz CT molecular complexity index is 340. The van der Waals surface area contributed by atoms with E-state index in [0.717, 1.165) is 32.1 Å². The van der Waals surface area contributed by atoms with Gasteiger partial charge in [0.05, 0.1) is 6.54 Å². The van der Waals surface area contributed by atoms with Gasteiger partial charge in [0.1, 0.15) is 0 Å². The molecular formula is C13H25IN4S. The zero-order chi connectivity index (χ0) is 13.2. The van der Waals surface area contributed by atoms with E-state index < -0.39 is 0 Å². The maximum absolute atomic E-state index is 4.57. The summed E-state index contributed by atoms with van der Waals surface area (Å²) in [7, 11) is 0. The number of halogens is 1. The van der Waals surface area contributed by atoms with Crippen molar-refractivity contribution < 1.29 is 0 Å². The fraction of sp³-hybridized carbons (Fsp3) is 0.615. The third kappa shape index (κ3) is 8.41. The molecule has 1 rings (SSSR count). The molecule has 0 saturated carbocycles. The lowest BCUT2D eigenvalue weighted by Crippen LogP contribution is -2.39. The van der Waals surface area contributed by atoms with Gasteiger partial charge in [0, 0.05) is 37.3 Å². The first-order valence-electron chi connectivity index (χ1n) is 6.42. The fourth-order valence-electron chi connectivity index (χ4n) is 1.46. The van der Waals surface area contributed by atoms with Crippen molar-refractivity contribution in [3.63, 3.8) is 0 Å². The molecule has 2 N–H and O–H groups in total. The van der Waals surface area contributed by atoms with E-state index in [9.17, 15) is 0 Å². The monoisotopic (exact) mass is 396 g/mol. The van der Waals surface area contributed by atoms with Crippen molar-refractivity contribution in [1.29, 1.82) is 0 Å². The molecule has 0 amide bonds. The number of guanidine groups is 1. The van der Waals surface area contributed by atoms with Crippen LogP contribution in [0, 0.1) is 0 Å². The summed E-state index contributed by atoms with van der Waals surface area (Å²) in [6.45, 7) is 7.85.